The minimum atomic E-state index is -0.640. The van der Waals surface area contributed by atoms with E-state index in [9.17, 15) is 14.4 Å². The van der Waals surface area contributed by atoms with E-state index in [2.05, 4.69) is 0 Å². The van der Waals surface area contributed by atoms with Crippen LogP contribution in [-0.4, -0.2) is 41.8 Å². The van der Waals surface area contributed by atoms with Gasteiger partial charge in [-0.2, -0.15) is 5.26 Å². The first-order chi connectivity index (χ1) is 11.6. The SMILES string of the molecule is CCOC(=O)CN1C(=O)S/C(=C/c2ccccc2OCC#N)C1=O. The summed E-state index contributed by atoms with van der Waals surface area (Å²) < 4.78 is 10.0. The summed E-state index contributed by atoms with van der Waals surface area (Å²) in [4.78, 5) is 36.7. The van der Waals surface area contributed by atoms with Gasteiger partial charge in [-0.25, -0.2) is 0 Å². The first-order valence-electron chi connectivity index (χ1n) is 7.06. The van der Waals surface area contributed by atoms with Gasteiger partial charge in [-0.1, -0.05) is 18.2 Å². The maximum absolute atomic E-state index is 12.3. The van der Waals surface area contributed by atoms with Crippen molar-refractivity contribution < 1.29 is 23.9 Å². The monoisotopic (exact) mass is 346 g/mol. The molecule has 1 saturated heterocycles. The van der Waals surface area contributed by atoms with Gasteiger partial charge in [0, 0.05) is 5.56 Å². The molecule has 1 heterocycles. The van der Waals surface area contributed by atoms with E-state index in [1.165, 1.54) is 6.08 Å². The lowest BCUT2D eigenvalue weighted by Gasteiger charge is -2.10. The van der Waals surface area contributed by atoms with E-state index in [0.29, 0.717) is 11.3 Å². The predicted molar refractivity (Wildman–Crippen MR) is 86.9 cm³/mol. The number of rotatable bonds is 6. The Morgan fingerprint density at radius 2 is 2.12 bits per heavy atom. The lowest BCUT2D eigenvalue weighted by molar-refractivity contribution is -0.145. The van der Waals surface area contributed by atoms with Crippen LogP contribution in [0.5, 0.6) is 5.75 Å². The number of benzene rings is 1. The molecule has 2 rings (SSSR count). The van der Waals surface area contributed by atoms with Crippen LogP contribution >= 0.6 is 11.8 Å². The van der Waals surface area contributed by atoms with Crippen molar-refractivity contribution >= 4 is 35.0 Å². The summed E-state index contributed by atoms with van der Waals surface area (Å²) in [6.07, 6.45) is 1.50. The van der Waals surface area contributed by atoms with Gasteiger partial charge in [0.25, 0.3) is 11.1 Å². The molecular formula is C16H14N2O5S. The van der Waals surface area contributed by atoms with Crippen molar-refractivity contribution in [1.82, 2.24) is 4.90 Å². The normalized spacial score (nSPS) is 15.5. The smallest absolute Gasteiger partial charge is 0.326 e. The Kier molecular flexibility index (Phi) is 5.98. The number of thioether (sulfide) groups is 1. The molecule has 7 nitrogen and oxygen atoms in total. The van der Waals surface area contributed by atoms with Crippen LogP contribution in [0.3, 0.4) is 0 Å². The Hall–Kier alpha value is -2.79. The second kappa shape index (κ2) is 8.17. The van der Waals surface area contributed by atoms with E-state index in [-0.39, 0.29) is 18.1 Å². The molecular weight excluding hydrogens is 332 g/mol. The molecule has 124 valence electrons. The minimum absolute atomic E-state index is 0.130. The summed E-state index contributed by atoms with van der Waals surface area (Å²) in [6.45, 7) is 1.27. The quantitative estimate of drug-likeness (QED) is 0.575. The van der Waals surface area contributed by atoms with Gasteiger partial charge in [0.15, 0.2) is 6.61 Å². The zero-order valence-electron chi connectivity index (χ0n) is 12.9. The fraction of sp³-hybridized carbons (Fsp3) is 0.250. The van der Waals surface area contributed by atoms with Crippen molar-refractivity contribution in [2.24, 2.45) is 0 Å². The largest absolute Gasteiger partial charge is 0.478 e. The molecule has 0 unspecified atom stereocenters. The molecule has 8 heteroatoms. The minimum Gasteiger partial charge on any atom is -0.478 e. The summed E-state index contributed by atoms with van der Waals surface area (Å²) in [5.41, 5.74) is 0.564. The number of hydrogen-bond donors (Lipinski definition) is 0. The van der Waals surface area contributed by atoms with Gasteiger partial charge in [-0.05, 0) is 30.8 Å². The number of nitrogens with zero attached hydrogens (tertiary/aromatic N) is 2. The summed E-state index contributed by atoms with van der Waals surface area (Å²) >= 11 is 0.739. The van der Waals surface area contributed by atoms with Crippen molar-refractivity contribution in [1.29, 1.82) is 5.26 Å². The van der Waals surface area contributed by atoms with E-state index in [1.54, 1.807) is 31.2 Å². The number of para-hydroxylation sites is 1. The molecule has 0 radical (unpaired) electrons. The van der Waals surface area contributed by atoms with Crippen LogP contribution < -0.4 is 4.74 Å². The van der Waals surface area contributed by atoms with Crippen molar-refractivity contribution in [3.05, 3.63) is 34.7 Å². The van der Waals surface area contributed by atoms with Crippen LogP contribution in [0.4, 0.5) is 4.79 Å². The number of hydrogen-bond acceptors (Lipinski definition) is 7. The molecule has 0 bridgehead atoms. The molecule has 24 heavy (non-hydrogen) atoms. The summed E-state index contributed by atoms with van der Waals surface area (Å²) in [7, 11) is 0. The molecule has 1 aliphatic rings. The molecule has 0 aliphatic carbocycles. The van der Waals surface area contributed by atoms with Crippen LogP contribution in [0, 0.1) is 11.3 Å². The molecule has 0 spiro atoms. The van der Waals surface area contributed by atoms with E-state index in [1.807, 2.05) is 6.07 Å². The summed E-state index contributed by atoms with van der Waals surface area (Å²) in [6, 6.07) is 8.70. The van der Waals surface area contributed by atoms with E-state index in [4.69, 9.17) is 14.7 Å². The maximum atomic E-state index is 12.3. The third-order valence-electron chi connectivity index (χ3n) is 2.96. The number of carbonyl (C=O) groups is 3. The highest BCUT2D eigenvalue weighted by Gasteiger charge is 2.36. The Bertz CT molecular complexity index is 738. The zero-order chi connectivity index (χ0) is 17.5. The van der Waals surface area contributed by atoms with Gasteiger partial charge in [-0.3, -0.25) is 19.3 Å². The number of ether oxygens (including phenoxy) is 2. The van der Waals surface area contributed by atoms with E-state index in [0.717, 1.165) is 16.7 Å². The summed E-state index contributed by atoms with van der Waals surface area (Å²) in [5, 5.41) is 8.07. The first-order valence-corrected chi connectivity index (χ1v) is 7.88. The van der Waals surface area contributed by atoms with Crippen LogP contribution in [0.1, 0.15) is 12.5 Å². The van der Waals surface area contributed by atoms with E-state index < -0.39 is 23.7 Å². The van der Waals surface area contributed by atoms with Gasteiger partial charge in [0.2, 0.25) is 0 Å². The molecule has 1 aliphatic heterocycles. The standard InChI is InChI=1S/C16H14N2O5S/c1-2-22-14(19)10-18-15(20)13(24-16(18)21)9-11-5-3-4-6-12(11)23-8-7-17/h3-6,9H,2,8,10H2,1H3/b13-9+. The Morgan fingerprint density at radius 1 is 1.38 bits per heavy atom. The second-order valence-corrected chi connectivity index (χ2v) is 5.55. The van der Waals surface area contributed by atoms with Crippen molar-refractivity contribution in [2.75, 3.05) is 19.8 Å². The molecule has 0 N–H and O–H groups in total. The van der Waals surface area contributed by atoms with Crippen LogP contribution in [0.25, 0.3) is 6.08 Å². The molecule has 0 aromatic heterocycles. The highest BCUT2D eigenvalue weighted by molar-refractivity contribution is 8.18. The van der Waals surface area contributed by atoms with Gasteiger partial charge in [0.05, 0.1) is 11.5 Å². The van der Waals surface area contributed by atoms with Gasteiger partial charge in [0.1, 0.15) is 18.4 Å². The Labute approximate surface area is 142 Å². The number of amides is 2. The lowest BCUT2D eigenvalue weighted by Crippen LogP contribution is -2.34. The Morgan fingerprint density at radius 3 is 2.83 bits per heavy atom. The maximum Gasteiger partial charge on any atom is 0.326 e. The second-order valence-electron chi connectivity index (χ2n) is 4.56. The number of imide groups is 1. The average molecular weight is 346 g/mol. The fourth-order valence-corrected chi connectivity index (χ4v) is 2.78. The molecule has 1 fully saturated rings. The molecule has 1 aromatic carbocycles. The number of esters is 1. The van der Waals surface area contributed by atoms with Gasteiger partial charge < -0.3 is 9.47 Å². The molecule has 2 amide bonds. The highest BCUT2D eigenvalue weighted by atomic mass is 32.2. The number of carbonyl (C=O) groups excluding carboxylic acids is 3. The zero-order valence-corrected chi connectivity index (χ0v) is 13.7. The van der Waals surface area contributed by atoms with Crippen molar-refractivity contribution in [2.45, 2.75) is 6.92 Å². The highest BCUT2D eigenvalue weighted by Crippen LogP contribution is 2.33. The Balaban J connectivity index is 2.20. The summed E-state index contributed by atoms with van der Waals surface area (Å²) in [5.74, 6) is -0.775. The third-order valence-corrected chi connectivity index (χ3v) is 3.87. The van der Waals surface area contributed by atoms with Crippen LogP contribution in [-0.2, 0) is 14.3 Å². The lowest BCUT2D eigenvalue weighted by atomic mass is 10.2. The van der Waals surface area contributed by atoms with E-state index >= 15 is 0 Å². The molecule has 1 aromatic rings. The van der Waals surface area contributed by atoms with Crippen LogP contribution in [0.2, 0.25) is 0 Å². The van der Waals surface area contributed by atoms with Crippen molar-refractivity contribution in [3.8, 4) is 11.8 Å². The third kappa shape index (κ3) is 4.14. The average Bonchev–Trinajstić information content (AvgIpc) is 2.82. The first kappa shape index (κ1) is 17.6. The van der Waals surface area contributed by atoms with Crippen LogP contribution in [0.15, 0.2) is 29.2 Å². The predicted octanol–water partition coefficient (Wildman–Crippen LogP) is 2.19. The molecule has 0 atom stereocenters. The number of nitriles is 1. The van der Waals surface area contributed by atoms with Gasteiger partial charge >= 0.3 is 5.97 Å². The fourth-order valence-electron chi connectivity index (χ4n) is 1.95. The molecule has 0 saturated carbocycles. The topological polar surface area (TPSA) is 96.7 Å². The van der Waals surface area contributed by atoms with Crippen molar-refractivity contribution in [3.63, 3.8) is 0 Å². The van der Waals surface area contributed by atoms with Gasteiger partial charge in [-0.15, -0.1) is 0 Å².